The maximum atomic E-state index is 6.24. The monoisotopic (exact) mass is 267 g/mol. The lowest BCUT2D eigenvalue weighted by atomic mass is 9.75. The van der Waals surface area contributed by atoms with Gasteiger partial charge in [-0.1, -0.05) is 13.0 Å². The quantitative estimate of drug-likeness (QED) is 0.871. The average molecular weight is 267 g/mol. The van der Waals surface area contributed by atoms with Crippen molar-refractivity contribution in [3.8, 4) is 0 Å². The van der Waals surface area contributed by atoms with Crippen LogP contribution in [0.4, 0.5) is 0 Å². The maximum absolute atomic E-state index is 6.24. The SMILES string of the molecule is CCOC1(C(NC)c2cccs2)CCC(C)CC1. The lowest BCUT2D eigenvalue weighted by molar-refractivity contribution is -0.0955. The molecule has 3 heteroatoms. The van der Waals surface area contributed by atoms with E-state index in [0.717, 1.165) is 12.5 Å². The number of nitrogens with one attached hydrogen (secondary N) is 1. The lowest BCUT2D eigenvalue weighted by Crippen LogP contribution is -2.47. The highest BCUT2D eigenvalue weighted by molar-refractivity contribution is 7.10. The Morgan fingerprint density at radius 3 is 2.72 bits per heavy atom. The molecular weight excluding hydrogens is 242 g/mol. The third-order valence-corrected chi connectivity index (χ3v) is 5.13. The van der Waals surface area contributed by atoms with Gasteiger partial charge in [-0.25, -0.2) is 0 Å². The minimum Gasteiger partial charge on any atom is -0.373 e. The summed E-state index contributed by atoms with van der Waals surface area (Å²) in [5.74, 6) is 0.847. The number of rotatable bonds is 5. The molecule has 0 aliphatic heterocycles. The second-order valence-electron chi connectivity index (χ2n) is 5.42. The predicted octanol–water partition coefficient (Wildman–Crippen LogP) is 3.99. The number of hydrogen-bond acceptors (Lipinski definition) is 3. The van der Waals surface area contributed by atoms with Crippen molar-refractivity contribution in [2.45, 2.75) is 51.2 Å². The van der Waals surface area contributed by atoms with E-state index in [1.165, 1.54) is 30.6 Å². The van der Waals surface area contributed by atoms with Crippen molar-refractivity contribution in [2.75, 3.05) is 13.7 Å². The van der Waals surface area contributed by atoms with Crippen molar-refractivity contribution >= 4 is 11.3 Å². The lowest BCUT2D eigenvalue weighted by Gasteiger charge is -2.44. The molecule has 1 aliphatic carbocycles. The molecule has 18 heavy (non-hydrogen) atoms. The Kier molecular flexibility index (Phi) is 4.82. The van der Waals surface area contributed by atoms with Gasteiger partial charge in [0.1, 0.15) is 0 Å². The van der Waals surface area contributed by atoms with Crippen molar-refractivity contribution in [3.63, 3.8) is 0 Å². The second-order valence-corrected chi connectivity index (χ2v) is 6.40. The van der Waals surface area contributed by atoms with Crippen LogP contribution in [-0.2, 0) is 4.74 Å². The van der Waals surface area contributed by atoms with Gasteiger partial charge in [-0.2, -0.15) is 0 Å². The van der Waals surface area contributed by atoms with E-state index < -0.39 is 0 Å². The molecule has 0 spiro atoms. The summed E-state index contributed by atoms with van der Waals surface area (Å²) >= 11 is 1.83. The Bertz CT molecular complexity index is 341. The molecule has 0 amide bonds. The van der Waals surface area contributed by atoms with E-state index in [4.69, 9.17) is 4.74 Å². The van der Waals surface area contributed by atoms with E-state index in [2.05, 4.69) is 43.7 Å². The van der Waals surface area contributed by atoms with E-state index in [1.807, 2.05) is 11.3 Å². The van der Waals surface area contributed by atoms with Gasteiger partial charge in [0.2, 0.25) is 0 Å². The van der Waals surface area contributed by atoms with Gasteiger partial charge in [0.15, 0.2) is 0 Å². The minimum atomic E-state index is 0.000856. The van der Waals surface area contributed by atoms with Crippen LogP contribution in [-0.4, -0.2) is 19.3 Å². The fourth-order valence-corrected chi connectivity index (χ4v) is 4.11. The summed E-state index contributed by atoms with van der Waals surface area (Å²) in [7, 11) is 2.06. The van der Waals surface area contributed by atoms with E-state index in [0.29, 0.717) is 6.04 Å². The first-order valence-electron chi connectivity index (χ1n) is 7.06. The standard InChI is InChI=1S/C15H25NOS/c1-4-17-15(9-7-12(2)8-10-15)14(16-3)13-6-5-11-18-13/h5-6,11-12,14,16H,4,7-10H2,1-3H3. The van der Waals surface area contributed by atoms with Crippen LogP contribution in [0.2, 0.25) is 0 Å². The molecule has 2 rings (SSSR count). The van der Waals surface area contributed by atoms with E-state index in [-0.39, 0.29) is 5.60 Å². The average Bonchev–Trinajstić information content (AvgIpc) is 2.88. The van der Waals surface area contributed by atoms with E-state index in [9.17, 15) is 0 Å². The number of likely N-dealkylation sites (N-methyl/N-ethyl adjacent to an activating group) is 1. The first-order valence-corrected chi connectivity index (χ1v) is 7.94. The minimum absolute atomic E-state index is 0.000856. The summed E-state index contributed by atoms with van der Waals surface area (Å²) in [4.78, 5) is 1.40. The molecule has 0 aromatic carbocycles. The van der Waals surface area contributed by atoms with Crippen molar-refractivity contribution in [1.82, 2.24) is 5.32 Å². The van der Waals surface area contributed by atoms with Crippen LogP contribution in [0.15, 0.2) is 17.5 Å². The van der Waals surface area contributed by atoms with Crippen molar-refractivity contribution in [1.29, 1.82) is 0 Å². The molecule has 1 aromatic heterocycles. The summed E-state index contributed by atoms with van der Waals surface area (Å²) in [6.45, 7) is 5.27. The molecule has 1 fully saturated rings. The largest absolute Gasteiger partial charge is 0.373 e. The molecule has 2 nitrogen and oxygen atoms in total. The predicted molar refractivity (Wildman–Crippen MR) is 78.1 cm³/mol. The molecule has 0 saturated heterocycles. The Labute approximate surface area is 115 Å². The molecule has 102 valence electrons. The van der Waals surface area contributed by atoms with Crippen LogP contribution in [0.3, 0.4) is 0 Å². The molecule has 1 saturated carbocycles. The maximum Gasteiger partial charge on any atom is 0.0884 e. The molecular formula is C15H25NOS. The van der Waals surface area contributed by atoms with Crippen LogP contribution >= 0.6 is 11.3 Å². The Balaban J connectivity index is 2.22. The van der Waals surface area contributed by atoms with Crippen molar-refractivity contribution < 1.29 is 4.74 Å². The van der Waals surface area contributed by atoms with Crippen LogP contribution in [0.1, 0.15) is 50.4 Å². The third kappa shape index (κ3) is 2.79. The zero-order chi connectivity index (χ0) is 13.0. The highest BCUT2D eigenvalue weighted by Crippen LogP contribution is 2.44. The Hall–Kier alpha value is -0.380. The summed E-state index contributed by atoms with van der Waals surface area (Å²) in [5.41, 5.74) is 0.000856. The molecule has 1 unspecified atom stereocenters. The van der Waals surface area contributed by atoms with Gasteiger partial charge in [0, 0.05) is 11.5 Å². The van der Waals surface area contributed by atoms with Crippen LogP contribution in [0.25, 0.3) is 0 Å². The Morgan fingerprint density at radius 2 is 2.22 bits per heavy atom. The summed E-state index contributed by atoms with van der Waals surface area (Å²) in [5, 5.41) is 5.66. The highest BCUT2D eigenvalue weighted by atomic mass is 32.1. The number of ether oxygens (including phenoxy) is 1. The third-order valence-electron chi connectivity index (χ3n) is 4.19. The van der Waals surface area contributed by atoms with Gasteiger partial charge in [0.25, 0.3) is 0 Å². The molecule has 1 atom stereocenters. The Morgan fingerprint density at radius 1 is 1.50 bits per heavy atom. The van der Waals surface area contributed by atoms with Gasteiger partial charge in [0.05, 0.1) is 11.6 Å². The molecule has 1 N–H and O–H groups in total. The molecule has 1 aliphatic rings. The summed E-state index contributed by atoms with van der Waals surface area (Å²) in [6, 6.07) is 4.70. The van der Waals surface area contributed by atoms with Gasteiger partial charge < -0.3 is 10.1 Å². The summed E-state index contributed by atoms with van der Waals surface area (Å²) in [6.07, 6.45) is 4.91. The fourth-order valence-electron chi connectivity index (χ4n) is 3.17. The second kappa shape index (κ2) is 6.18. The van der Waals surface area contributed by atoms with Gasteiger partial charge in [-0.15, -0.1) is 11.3 Å². The zero-order valence-electron chi connectivity index (χ0n) is 11.7. The normalized spacial score (nSPS) is 30.3. The number of thiophene rings is 1. The first-order chi connectivity index (χ1) is 8.72. The molecule has 1 heterocycles. The highest BCUT2D eigenvalue weighted by Gasteiger charge is 2.42. The summed E-state index contributed by atoms with van der Waals surface area (Å²) < 4.78 is 6.24. The molecule has 0 bridgehead atoms. The van der Waals surface area contributed by atoms with E-state index >= 15 is 0 Å². The van der Waals surface area contributed by atoms with Crippen LogP contribution < -0.4 is 5.32 Å². The topological polar surface area (TPSA) is 21.3 Å². The molecule has 1 aromatic rings. The zero-order valence-corrected chi connectivity index (χ0v) is 12.6. The number of hydrogen-bond donors (Lipinski definition) is 1. The fraction of sp³-hybridized carbons (Fsp3) is 0.733. The smallest absolute Gasteiger partial charge is 0.0884 e. The van der Waals surface area contributed by atoms with Crippen LogP contribution in [0.5, 0.6) is 0 Å². The van der Waals surface area contributed by atoms with Gasteiger partial charge in [-0.3, -0.25) is 0 Å². The van der Waals surface area contributed by atoms with Crippen LogP contribution in [0, 0.1) is 5.92 Å². The van der Waals surface area contributed by atoms with E-state index in [1.54, 1.807) is 0 Å². The van der Waals surface area contributed by atoms with Gasteiger partial charge in [-0.05, 0) is 57.0 Å². The van der Waals surface area contributed by atoms with Gasteiger partial charge >= 0.3 is 0 Å². The van der Waals surface area contributed by atoms with Crippen molar-refractivity contribution in [3.05, 3.63) is 22.4 Å². The molecule has 0 radical (unpaired) electrons. The first kappa shape index (κ1) is 14.0. The van der Waals surface area contributed by atoms with Crippen molar-refractivity contribution in [2.24, 2.45) is 5.92 Å².